The van der Waals surface area contributed by atoms with E-state index in [9.17, 15) is 4.79 Å². The van der Waals surface area contributed by atoms with E-state index in [0.717, 1.165) is 17.7 Å². The molecular weight excluding hydrogens is 230 g/mol. The van der Waals surface area contributed by atoms with Gasteiger partial charge in [-0.25, -0.2) is 4.68 Å². The zero-order valence-corrected chi connectivity index (χ0v) is 10.1. The molecule has 0 aliphatic heterocycles. The standard InChI is InChI=1S/C12H15N5O/c1-8(13)2-9-3-11(6-15-4-9)17-7-10(5-16-17)12(14)18/h3-8H,2,13H2,1H3,(H2,14,18). The Hall–Kier alpha value is -2.21. The summed E-state index contributed by atoms with van der Waals surface area (Å²) in [5, 5.41) is 4.07. The fourth-order valence-electron chi connectivity index (χ4n) is 1.67. The summed E-state index contributed by atoms with van der Waals surface area (Å²) in [7, 11) is 0. The summed E-state index contributed by atoms with van der Waals surface area (Å²) in [5.74, 6) is -0.499. The van der Waals surface area contributed by atoms with Crippen molar-refractivity contribution in [3.8, 4) is 5.69 Å². The average Bonchev–Trinajstić information content (AvgIpc) is 2.77. The van der Waals surface area contributed by atoms with E-state index >= 15 is 0 Å². The SMILES string of the molecule is CC(N)Cc1cncc(-n2cc(C(N)=O)cn2)c1. The number of nitrogens with two attached hydrogens (primary N) is 2. The quantitative estimate of drug-likeness (QED) is 0.806. The first-order valence-corrected chi connectivity index (χ1v) is 5.60. The largest absolute Gasteiger partial charge is 0.366 e. The second-order valence-corrected chi connectivity index (χ2v) is 4.27. The molecule has 0 radical (unpaired) electrons. The highest BCUT2D eigenvalue weighted by Gasteiger charge is 2.06. The molecule has 0 saturated carbocycles. The predicted molar refractivity (Wildman–Crippen MR) is 67.2 cm³/mol. The molecule has 0 fully saturated rings. The Kier molecular flexibility index (Phi) is 3.38. The maximum Gasteiger partial charge on any atom is 0.251 e. The zero-order valence-electron chi connectivity index (χ0n) is 10.1. The first-order chi connectivity index (χ1) is 8.56. The minimum Gasteiger partial charge on any atom is -0.366 e. The minimum absolute atomic E-state index is 0.0702. The first-order valence-electron chi connectivity index (χ1n) is 5.60. The predicted octanol–water partition coefficient (Wildman–Crippen LogP) is 0.256. The molecule has 2 heterocycles. The number of aromatic nitrogens is 3. The summed E-state index contributed by atoms with van der Waals surface area (Å²) in [6.07, 6.45) is 7.19. The molecule has 0 aliphatic carbocycles. The molecule has 0 bridgehead atoms. The van der Waals surface area contributed by atoms with Gasteiger partial charge in [0.1, 0.15) is 0 Å². The van der Waals surface area contributed by atoms with E-state index < -0.39 is 5.91 Å². The fraction of sp³-hybridized carbons (Fsp3) is 0.250. The number of hydrogen-bond donors (Lipinski definition) is 2. The molecule has 0 saturated heterocycles. The Morgan fingerprint density at radius 2 is 2.22 bits per heavy atom. The molecule has 2 aromatic rings. The number of rotatable bonds is 4. The lowest BCUT2D eigenvalue weighted by Crippen LogP contribution is -2.18. The smallest absolute Gasteiger partial charge is 0.251 e. The van der Waals surface area contributed by atoms with Gasteiger partial charge in [-0.3, -0.25) is 9.78 Å². The summed E-state index contributed by atoms with van der Waals surface area (Å²) >= 11 is 0. The molecule has 18 heavy (non-hydrogen) atoms. The van der Waals surface area contributed by atoms with Crippen LogP contribution >= 0.6 is 0 Å². The van der Waals surface area contributed by atoms with Crippen molar-refractivity contribution in [2.45, 2.75) is 19.4 Å². The molecule has 2 aromatic heterocycles. The number of carbonyl (C=O) groups excluding carboxylic acids is 1. The second kappa shape index (κ2) is 4.97. The molecule has 94 valence electrons. The molecular formula is C12H15N5O. The molecule has 1 unspecified atom stereocenters. The van der Waals surface area contributed by atoms with Gasteiger partial charge in [-0.1, -0.05) is 0 Å². The maximum atomic E-state index is 11.0. The number of hydrogen-bond acceptors (Lipinski definition) is 4. The highest BCUT2D eigenvalue weighted by Crippen LogP contribution is 2.10. The van der Waals surface area contributed by atoms with E-state index in [1.807, 2.05) is 13.0 Å². The van der Waals surface area contributed by atoms with Crippen molar-refractivity contribution in [2.75, 3.05) is 0 Å². The number of primary amides is 1. The number of pyridine rings is 1. The van der Waals surface area contributed by atoms with Crippen LogP contribution in [0.2, 0.25) is 0 Å². The number of amides is 1. The maximum absolute atomic E-state index is 11.0. The van der Waals surface area contributed by atoms with E-state index in [4.69, 9.17) is 11.5 Å². The van der Waals surface area contributed by atoms with Gasteiger partial charge in [-0.15, -0.1) is 0 Å². The summed E-state index contributed by atoms with van der Waals surface area (Å²) in [6.45, 7) is 1.94. The average molecular weight is 245 g/mol. The van der Waals surface area contributed by atoms with E-state index in [0.29, 0.717) is 5.56 Å². The highest BCUT2D eigenvalue weighted by atomic mass is 16.1. The van der Waals surface area contributed by atoms with Gasteiger partial charge in [0.15, 0.2) is 0 Å². The summed E-state index contributed by atoms with van der Waals surface area (Å²) in [6, 6.07) is 2.01. The van der Waals surface area contributed by atoms with Gasteiger partial charge in [-0.2, -0.15) is 5.10 Å². The van der Waals surface area contributed by atoms with Crippen LogP contribution in [-0.4, -0.2) is 26.7 Å². The van der Waals surface area contributed by atoms with Gasteiger partial charge in [0.2, 0.25) is 0 Å². The molecule has 2 rings (SSSR count). The number of carbonyl (C=O) groups is 1. The molecule has 6 heteroatoms. The lowest BCUT2D eigenvalue weighted by Gasteiger charge is -2.06. The third-order valence-electron chi connectivity index (χ3n) is 2.47. The molecule has 0 spiro atoms. The lowest BCUT2D eigenvalue weighted by atomic mass is 10.1. The van der Waals surface area contributed by atoms with Crippen molar-refractivity contribution in [3.63, 3.8) is 0 Å². The van der Waals surface area contributed by atoms with E-state index in [2.05, 4.69) is 10.1 Å². The van der Waals surface area contributed by atoms with Crippen LogP contribution in [0.15, 0.2) is 30.9 Å². The fourth-order valence-corrected chi connectivity index (χ4v) is 1.67. The van der Waals surface area contributed by atoms with Gasteiger partial charge < -0.3 is 11.5 Å². The Morgan fingerprint density at radius 3 is 2.83 bits per heavy atom. The van der Waals surface area contributed by atoms with Gasteiger partial charge in [0.05, 0.1) is 23.6 Å². The first kappa shape index (κ1) is 12.3. The van der Waals surface area contributed by atoms with Crippen LogP contribution in [-0.2, 0) is 6.42 Å². The van der Waals surface area contributed by atoms with E-state index in [1.165, 1.54) is 6.20 Å². The van der Waals surface area contributed by atoms with Gasteiger partial charge in [-0.05, 0) is 25.0 Å². The molecule has 0 aromatic carbocycles. The monoisotopic (exact) mass is 245 g/mol. The third-order valence-corrected chi connectivity index (χ3v) is 2.47. The van der Waals surface area contributed by atoms with Gasteiger partial charge in [0.25, 0.3) is 5.91 Å². The Balaban J connectivity index is 2.29. The van der Waals surface area contributed by atoms with Crippen molar-refractivity contribution in [3.05, 3.63) is 42.0 Å². The number of nitrogens with zero attached hydrogens (tertiary/aromatic N) is 3. The summed E-state index contributed by atoms with van der Waals surface area (Å²) < 4.78 is 1.57. The lowest BCUT2D eigenvalue weighted by molar-refractivity contribution is 0.100. The van der Waals surface area contributed by atoms with Crippen molar-refractivity contribution < 1.29 is 4.79 Å². The molecule has 4 N–H and O–H groups in total. The van der Waals surface area contributed by atoms with Crippen LogP contribution in [0.5, 0.6) is 0 Å². The summed E-state index contributed by atoms with van der Waals surface area (Å²) in [4.78, 5) is 15.1. The van der Waals surface area contributed by atoms with Crippen LogP contribution in [0, 0.1) is 0 Å². The van der Waals surface area contributed by atoms with Gasteiger partial charge >= 0.3 is 0 Å². The molecule has 6 nitrogen and oxygen atoms in total. The van der Waals surface area contributed by atoms with E-state index in [1.54, 1.807) is 23.3 Å². The second-order valence-electron chi connectivity index (χ2n) is 4.27. The van der Waals surface area contributed by atoms with Crippen molar-refractivity contribution >= 4 is 5.91 Å². The van der Waals surface area contributed by atoms with Crippen molar-refractivity contribution in [2.24, 2.45) is 11.5 Å². The highest BCUT2D eigenvalue weighted by molar-refractivity contribution is 5.92. The molecule has 1 atom stereocenters. The normalized spacial score (nSPS) is 12.3. The van der Waals surface area contributed by atoms with Gasteiger partial charge in [0, 0.05) is 18.4 Å². The third kappa shape index (κ3) is 2.72. The van der Waals surface area contributed by atoms with Crippen molar-refractivity contribution in [1.29, 1.82) is 0 Å². The molecule has 0 aliphatic rings. The van der Waals surface area contributed by atoms with Crippen LogP contribution < -0.4 is 11.5 Å². The topological polar surface area (TPSA) is 99.8 Å². The van der Waals surface area contributed by atoms with E-state index in [-0.39, 0.29) is 6.04 Å². The van der Waals surface area contributed by atoms with Crippen LogP contribution in [0.25, 0.3) is 5.69 Å². The van der Waals surface area contributed by atoms with Crippen LogP contribution in [0.4, 0.5) is 0 Å². The Bertz CT molecular complexity index is 561. The van der Waals surface area contributed by atoms with Crippen molar-refractivity contribution in [1.82, 2.24) is 14.8 Å². The minimum atomic E-state index is -0.499. The van der Waals surface area contributed by atoms with Crippen LogP contribution in [0.3, 0.4) is 0 Å². The summed E-state index contributed by atoms with van der Waals surface area (Å²) in [5.41, 5.74) is 13.1. The van der Waals surface area contributed by atoms with Crippen LogP contribution in [0.1, 0.15) is 22.8 Å². The molecule has 1 amide bonds. The Labute approximate surface area is 105 Å². The zero-order chi connectivity index (χ0) is 13.1. The Morgan fingerprint density at radius 1 is 1.44 bits per heavy atom.